The first-order valence-electron chi connectivity index (χ1n) is 10.4. The van der Waals surface area contributed by atoms with Gasteiger partial charge < -0.3 is 4.74 Å². The fourth-order valence-electron chi connectivity index (χ4n) is 3.89. The van der Waals surface area contributed by atoms with Gasteiger partial charge in [-0.05, 0) is 54.8 Å². The molecule has 1 aliphatic heterocycles. The zero-order valence-corrected chi connectivity index (χ0v) is 21.5. The van der Waals surface area contributed by atoms with Gasteiger partial charge in [0, 0.05) is 6.54 Å². The molecule has 0 aromatic heterocycles. The highest BCUT2D eigenvalue weighted by molar-refractivity contribution is 7.93. The number of aryl methyl sites for hydroxylation is 1. The maximum absolute atomic E-state index is 13.6. The molecule has 0 spiro atoms. The number of rotatable bonds is 6. The second-order valence-corrected chi connectivity index (χ2v) is 11.9. The standard InChI is InChI=1S/C23H20Cl2N2O6S2/c1-33-23(28)17-7-2-3-10-21(17)35(31,32)27-13-5-6-15-11-12-16(14-20(15)27)26-34(29,30)22-18(24)8-4-9-19(22)25/h2-4,7-12,14,26H,5-6,13H2,1H3. The third-order valence-corrected chi connectivity index (χ3v) is 9.67. The largest absolute Gasteiger partial charge is 0.465 e. The van der Waals surface area contributed by atoms with Crippen molar-refractivity contribution in [3.63, 3.8) is 0 Å². The molecule has 0 aliphatic carbocycles. The van der Waals surface area contributed by atoms with Gasteiger partial charge in [-0.3, -0.25) is 9.03 Å². The van der Waals surface area contributed by atoms with E-state index in [1.54, 1.807) is 18.2 Å². The molecular weight excluding hydrogens is 535 g/mol. The van der Waals surface area contributed by atoms with E-state index < -0.39 is 26.0 Å². The number of nitrogens with zero attached hydrogens (tertiary/aromatic N) is 1. The fraction of sp³-hybridized carbons (Fsp3) is 0.174. The van der Waals surface area contributed by atoms with E-state index in [1.165, 1.54) is 53.9 Å². The van der Waals surface area contributed by atoms with E-state index in [-0.39, 0.29) is 37.6 Å². The molecule has 0 fully saturated rings. The van der Waals surface area contributed by atoms with E-state index in [4.69, 9.17) is 27.9 Å². The maximum Gasteiger partial charge on any atom is 0.339 e. The number of anilines is 2. The average molecular weight is 555 g/mol. The molecule has 0 radical (unpaired) electrons. The van der Waals surface area contributed by atoms with Crippen molar-refractivity contribution in [3.8, 4) is 0 Å². The third kappa shape index (κ3) is 4.84. The second kappa shape index (κ2) is 9.69. The molecule has 1 heterocycles. The highest BCUT2D eigenvalue weighted by Crippen LogP contribution is 2.36. The highest BCUT2D eigenvalue weighted by atomic mass is 35.5. The van der Waals surface area contributed by atoms with Crippen molar-refractivity contribution < 1.29 is 26.4 Å². The molecule has 0 atom stereocenters. The van der Waals surface area contributed by atoms with Gasteiger partial charge >= 0.3 is 5.97 Å². The van der Waals surface area contributed by atoms with Gasteiger partial charge in [0.15, 0.2) is 0 Å². The Kier molecular flexibility index (Phi) is 7.01. The number of hydrogen-bond donors (Lipinski definition) is 1. The zero-order chi connectivity index (χ0) is 25.4. The number of esters is 1. The summed E-state index contributed by atoms with van der Waals surface area (Å²) in [4.78, 5) is 11.7. The molecule has 12 heteroatoms. The molecule has 184 valence electrons. The predicted molar refractivity (Wildman–Crippen MR) is 134 cm³/mol. The molecule has 35 heavy (non-hydrogen) atoms. The normalized spacial score (nSPS) is 13.7. The van der Waals surface area contributed by atoms with E-state index in [0.717, 1.165) is 0 Å². The van der Waals surface area contributed by atoms with Crippen molar-refractivity contribution in [1.29, 1.82) is 0 Å². The number of sulfonamides is 2. The Hall–Kier alpha value is -2.79. The molecule has 3 aromatic carbocycles. The van der Waals surface area contributed by atoms with Crippen LogP contribution >= 0.6 is 23.2 Å². The van der Waals surface area contributed by atoms with Gasteiger partial charge in [-0.1, -0.05) is 47.5 Å². The number of carbonyl (C=O) groups excluding carboxylic acids is 1. The SMILES string of the molecule is COC(=O)c1ccccc1S(=O)(=O)N1CCCc2ccc(NS(=O)(=O)c3c(Cl)cccc3Cl)cc21. The summed E-state index contributed by atoms with van der Waals surface area (Å²) in [6.45, 7) is 0.150. The lowest BCUT2D eigenvalue weighted by molar-refractivity contribution is 0.0596. The average Bonchev–Trinajstić information content (AvgIpc) is 2.82. The first kappa shape index (κ1) is 25.3. The van der Waals surface area contributed by atoms with Gasteiger partial charge in [0.1, 0.15) is 9.79 Å². The van der Waals surface area contributed by atoms with Crippen LogP contribution in [-0.4, -0.2) is 36.5 Å². The van der Waals surface area contributed by atoms with E-state index >= 15 is 0 Å². The minimum atomic E-state index is -4.17. The number of halogens is 2. The predicted octanol–water partition coefficient (Wildman–Crippen LogP) is 4.72. The van der Waals surface area contributed by atoms with Gasteiger partial charge in [0.25, 0.3) is 20.0 Å². The van der Waals surface area contributed by atoms with Crippen LogP contribution < -0.4 is 9.03 Å². The topological polar surface area (TPSA) is 110 Å². The van der Waals surface area contributed by atoms with Gasteiger partial charge in [0.2, 0.25) is 0 Å². The Balaban J connectivity index is 1.76. The lowest BCUT2D eigenvalue weighted by Gasteiger charge is -2.31. The zero-order valence-electron chi connectivity index (χ0n) is 18.4. The Morgan fingerprint density at radius 2 is 1.66 bits per heavy atom. The van der Waals surface area contributed by atoms with Gasteiger partial charge in [-0.2, -0.15) is 0 Å². The van der Waals surface area contributed by atoms with E-state index in [0.29, 0.717) is 24.1 Å². The number of fused-ring (bicyclic) bond motifs is 1. The summed E-state index contributed by atoms with van der Waals surface area (Å²) in [6, 6.07) is 14.7. The van der Waals surface area contributed by atoms with Crippen LogP contribution in [0.25, 0.3) is 0 Å². The summed E-state index contributed by atoms with van der Waals surface area (Å²) >= 11 is 12.1. The highest BCUT2D eigenvalue weighted by Gasteiger charge is 2.33. The van der Waals surface area contributed by atoms with Crippen LogP contribution in [0.2, 0.25) is 10.0 Å². The van der Waals surface area contributed by atoms with Crippen molar-refractivity contribution in [2.75, 3.05) is 22.7 Å². The van der Waals surface area contributed by atoms with Crippen LogP contribution in [-0.2, 0) is 31.2 Å². The second-order valence-electron chi connectivity index (χ2n) is 7.67. The minimum absolute atomic E-state index is 0.0495. The Bertz CT molecular complexity index is 1500. The lowest BCUT2D eigenvalue weighted by Crippen LogP contribution is -2.36. The first-order valence-corrected chi connectivity index (χ1v) is 14.0. The van der Waals surface area contributed by atoms with Crippen LogP contribution in [0.3, 0.4) is 0 Å². The quantitative estimate of drug-likeness (QED) is 0.441. The molecule has 4 rings (SSSR count). The summed E-state index contributed by atoms with van der Waals surface area (Å²) in [7, 11) is -7.17. The number of methoxy groups -OCH3 is 1. The van der Waals surface area contributed by atoms with Gasteiger partial charge in [0.05, 0.1) is 34.1 Å². The molecule has 1 N–H and O–H groups in total. The van der Waals surface area contributed by atoms with Crippen LogP contribution in [0.1, 0.15) is 22.3 Å². The maximum atomic E-state index is 13.6. The van der Waals surface area contributed by atoms with Crippen molar-refractivity contribution in [3.05, 3.63) is 81.8 Å². The number of nitrogens with one attached hydrogen (secondary N) is 1. The van der Waals surface area contributed by atoms with E-state index in [2.05, 4.69) is 4.72 Å². The van der Waals surface area contributed by atoms with Crippen molar-refractivity contribution >= 4 is 60.6 Å². The number of carbonyl (C=O) groups is 1. The summed E-state index contributed by atoms with van der Waals surface area (Å²) in [5.41, 5.74) is 1.06. The van der Waals surface area contributed by atoms with Crippen molar-refractivity contribution in [2.45, 2.75) is 22.6 Å². The smallest absolute Gasteiger partial charge is 0.339 e. The van der Waals surface area contributed by atoms with Crippen LogP contribution in [0.15, 0.2) is 70.5 Å². The molecule has 0 saturated carbocycles. The van der Waals surface area contributed by atoms with Crippen molar-refractivity contribution in [2.24, 2.45) is 0 Å². The number of hydrogen-bond acceptors (Lipinski definition) is 6. The van der Waals surface area contributed by atoms with Crippen LogP contribution in [0.5, 0.6) is 0 Å². The van der Waals surface area contributed by atoms with Crippen LogP contribution in [0, 0.1) is 0 Å². The monoisotopic (exact) mass is 554 g/mol. The molecule has 0 saturated heterocycles. The molecule has 8 nitrogen and oxygen atoms in total. The summed E-state index contributed by atoms with van der Waals surface area (Å²) < 4.78 is 61.6. The number of ether oxygens (including phenoxy) is 1. The number of benzene rings is 3. The minimum Gasteiger partial charge on any atom is -0.465 e. The van der Waals surface area contributed by atoms with E-state index in [9.17, 15) is 21.6 Å². The molecule has 3 aromatic rings. The molecular formula is C23H20Cl2N2O6S2. The van der Waals surface area contributed by atoms with Crippen LogP contribution in [0.4, 0.5) is 11.4 Å². The lowest BCUT2D eigenvalue weighted by atomic mass is 10.0. The third-order valence-electron chi connectivity index (χ3n) is 5.46. The molecule has 1 aliphatic rings. The fourth-order valence-corrected chi connectivity index (χ4v) is 7.80. The Morgan fingerprint density at radius 1 is 0.971 bits per heavy atom. The first-order chi connectivity index (χ1) is 16.6. The van der Waals surface area contributed by atoms with Gasteiger partial charge in [-0.15, -0.1) is 0 Å². The molecule has 0 unspecified atom stereocenters. The van der Waals surface area contributed by atoms with E-state index in [1.807, 2.05) is 0 Å². The molecule has 0 amide bonds. The van der Waals surface area contributed by atoms with Crippen molar-refractivity contribution in [1.82, 2.24) is 0 Å². The summed E-state index contributed by atoms with van der Waals surface area (Å²) in [5, 5.41) is -0.0989. The summed E-state index contributed by atoms with van der Waals surface area (Å²) in [5.74, 6) is -0.778. The summed E-state index contributed by atoms with van der Waals surface area (Å²) in [6.07, 6.45) is 1.15. The van der Waals surface area contributed by atoms with Gasteiger partial charge in [-0.25, -0.2) is 21.6 Å². The molecule has 0 bridgehead atoms. The Morgan fingerprint density at radius 3 is 2.34 bits per heavy atom. The Labute approximate surface area is 213 Å².